The number of nitrogens with one attached hydrogen (secondary N) is 1. The lowest BCUT2D eigenvalue weighted by Crippen LogP contribution is -2.29. The van der Waals surface area contributed by atoms with Gasteiger partial charge in [-0.25, -0.2) is 0 Å². The lowest BCUT2D eigenvalue weighted by Gasteiger charge is -2.08. The van der Waals surface area contributed by atoms with E-state index in [1.165, 1.54) is 7.11 Å². The average molecular weight is 307 g/mol. The Morgan fingerprint density at radius 2 is 2.38 bits per heavy atom. The zero-order valence-electron chi connectivity index (χ0n) is 8.87. The van der Waals surface area contributed by atoms with Crippen LogP contribution >= 0.6 is 27.5 Å². The Bertz CT molecular complexity index is 360. The number of methoxy groups -OCH3 is 1. The summed E-state index contributed by atoms with van der Waals surface area (Å²) in [6.07, 6.45) is 0. The molecule has 1 aromatic rings. The van der Waals surface area contributed by atoms with Gasteiger partial charge in [0.1, 0.15) is 5.38 Å². The van der Waals surface area contributed by atoms with E-state index < -0.39 is 11.3 Å². The summed E-state index contributed by atoms with van der Waals surface area (Å²) in [4.78, 5) is 11.0. The SMILES string of the molecule is COC(=O)C(Cl)CNCc1cccc(Br)c1. The predicted molar refractivity (Wildman–Crippen MR) is 67.5 cm³/mol. The van der Waals surface area contributed by atoms with E-state index >= 15 is 0 Å². The molecule has 1 aromatic carbocycles. The Labute approximate surface area is 108 Å². The zero-order chi connectivity index (χ0) is 12.0. The van der Waals surface area contributed by atoms with Gasteiger partial charge in [0.2, 0.25) is 0 Å². The van der Waals surface area contributed by atoms with Crippen molar-refractivity contribution in [3.05, 3.63) is 34.3 Å². The number of alkyl halides is 1. The first-order chi connectivity index (χ1) is 7.63. The maximum atomic E-state index is 11.0. The third-order valence-corrected chi connectivity index (χ3v) is 2.82. The van der Waals surface area contributed by atoms with Crippen LogP contribution in [-0.4, -0.2) is 25.0 Å². The van der Waals surface area contributed by atoms with Crippen molar-refractivity contribution in [2.75, 3.05) is 13.7 Å². The molecule has 0 aliphatic carbocycles. The molecule has 0 radical (unpaired) electrons. The van der Waals surface area contributed by atoms with Gasteiger partial charge in [-0.1, -0.05) is 28.1 Å². The highest BCUT2D eigenvalue weighted by Crippen LogP contribution is 2.11. The first-order valence-corrected chi connectivity index (χ1v) is 6.03. The zero-order valence-corrected chi connectivity index (χ0v) is 11.2. The molecular weight excluding hydrogens is 293 g/mol. The fourth-order valence-electron chi connectivity index (χ4n) is 1.20. The van der Waals surface area contributed by atoms with Crippen molar-refractivity contribution >= 4 is 33.5 Å². The van der Waals surface area contributed by atoms with E-state index in [9.17, 15) is 4.79 Å². The minimum Gasteiger partial charge on any atom is -0.468 e. The highest BCUT2D eigenvalue weighted by molar-refractivity contribution is 9.10. The van der Waals surface area contributed by atoms with Gasteiger partial charge < -0.3 is 10.1 Å². The van der Waals surface area contributed by atoms with Gasteiger partial charge >= 0.3 is 5.97 Å². The average Bonchev–Trinajstić information content (AvgIpc) is 2.28. The molecule has 0 bridgehead atoms. The third kappa shape index (κ3) is 4.51. The molecule has 0 fully saturated rings. The Morgan fingerprint density at radius 3 is 3.00 bits per heavy atom. The van der Waals surface area contributed by atoms with Crippen LogP contribution in [-0.2, 0) is 16.1 Å². The Balaban J connectivity index is 2.33. The largest absolute Gasteiger partial charge is 0.468 e. The number of rotatable bonds is 5. The summed E-state index contributed by atoms with van der Waals surface area (Å²) in [6, 6.07) is 7.93. The lowest BCUT2D eigenvalue weighted by atomic mass is 10.2. The topological polar surface area (TPSA) is 38.3 Å². The highest BCUT2D eigenvalue weighted by atomic mass is 79.9. The normalized spacial score (nSPS) is 12.2. The monoisotopic (exact) mass is 305 g/mol. The van der Waals surface area contributed by atoms with Gasteiger partial charge in [0.25, 0.3) is 0 Å². The summed E-state index contributed by atoms with van der Waals surface area (Å²) in [5.74, 6) is -0.414. The molecule has 0 heterocycles. The van der Waals surface area contributed by atoms with Crippen LogP contribution < -0.4 is 5.32 Å². The van der Waals surface area contributed by atoms with Gasteiger partial charge in [0, 0.05) is 17.6 Å². The van der Waals surface area contributed by atoms with E-state index in [1.807, 2.05) is 24.3 Å². The van der Waals surface area contributed by atoms with Crippen molar-refractivity contribution in [1.82, 2.24) is 5.32 Å². The molecule has 0 spiro atoms. The molecule has 1 N–H and O–H groups in total. The van der Waals surface area contributed by atoms with Crippen LogP contribution in [0.2, 0.25) is 0 Å². The van der Waals surface area contributed by atoms with Crippen LogP contribution in [0.25, 0.3) is 0 Å². The van der Waals surface area contributed by atoms with Crippen molar-refractivity contribution in [2.24, 2.45) is 0 Å². The van der Waals surface area contributed by atoms with E-state index in [4.69, 9.17) is 11.6 Å². The molecule has 1 unspecified atom stereocenters. The summed E-state index contributed by atoms with van der Waals surface area (Å²) in [5.41, 5.74) is 1.13. The number of carbonyl (C=O) groups excluding carboxylic acids is 1. The van der Waals surface area contributed by atoms with Gasteiger partial charge in [0.05, 0.1) is 7.11 Å². The Kier molecular flexibility index (Phi) is 5.80. The number of carbonyl (C=O) groups is 1. The number of esters is 1. The molecule has 1 atom stereocenters. The van der Waals surface area contributed by atoms with Crippen molar-refractivity contribution in [1.29, 1.82) is 0 Å². The number of hydrogen-bond donors (Lipinski definition) is 1. The van der Waals surface area contributed by atoms with Crippen molar-refractivity contribution in [3.63, 3.8) is 0 Å². The summed E-state index contributed by atoms with van der Waals surface area (Å²) in [6.45, 7) is 1.06. The summed E-state index contributed by atoms with van der Waals surface area (Å²) < 4.78 is 5.55. The molecule has 3 nitrogen and oxygen atoms in total. The summed E-state index contributed by atoms with van der Waals surface area (Å²) >= 11 is 9.17. The van der Waals surface area contributed by atoms with Crippen LogP contribution in [0.15, 0.2) is 28.7 Å². The molecule has 0 saturated carbocycles. The summed E-state index contributed by atoms with van der Waals surface area (Å²) in [7, 11) is 1.33. The summed E-state index contributed by atoms with van der Waals surface area (Å²) in [5, 5.41) is 2.45. The highest BCUT2D eigenvalue weighted by Gasteiger charge is 2.14. The van der Waals surface area contributed by atoms with Gasteiger partial charge in [-0.15, -0.1) is 11.6 Å². The second-order valence-electron chi connectivity index (χ2n) is 3.25. The Hall–Kier alpha value is -0.580. The quantitative estimate of drug-likeness (QED) is 0.670. The Morgan fingerprint density at radius 1 is 1.62 bits per heavy atom. The van der Waals surface area contributed by atoms with E-state index in [2.05, 4.69) is 26.0 Å². The molecule has 0 aliphatic heterocycles. The van der Waals surface area contributed by atoms with E-state index in [0.29, 0.717) is 13.1 Å². The first kappa shape index (κ1) is 13.5. The van der Waals surface area contributed by atoms with Crippen LogP contribution in [0.3, 0.4) is 0 Å². The molecule has 0 saturated heterocycles. The van der Waals surface area contributed by atoms with E-state index in [-0.39, 0.29) is 0 Å². The number of ether oxygens (including phenoxy) is 1. The third-order valence-electron chi connectivity index (χ3n) is 2.00. The minimum absolute atomic E-state index is 0.390. The fraction of sp³-hybridized carbons (Fsp3) is 0.364. The maximum absolute atomic E-state index is 11.0. The molecule has 0 amide bonds. The second kappa shape index (κ2) is 6.89. The first-order valence-electron chi connectivity index (χ1n) is 4.80. The van der Waals surface area contributed by atoms with Crippen molar-refractivity contribution in [3.8, 4) is 0 Å². The predicted octanol–water partition coefficient (Wildman–Crippen LogP) is 2.32. The smallest absolute Gasteiger partial charge is 0.325 e. The van der Waals surface area contributed by atoms with Gasteiger partial charge in [-0.3, -0.25) is 4.79 Å². The molecule has 5 heteroatoms. The standard InChI is InChI=1S/C11H13BrClNO2/c1-16-11(15)10(13)7-14-6-8-3-2-4-9(12)5-8/h2-5,10,14H,6-7H2,1H3. The molecule has 16 heavy (non-hydrogen) atoms. The van der Waals surface area contributed by atoms with Crippen LogP contribution in [0.1, 0.15) is 5.56 Å². The van der Waals surface area contributed by atoms with E-state index in [1.54, 1.807) is 0 Å². The number of benzene rings is 1. The van der Waals surface area contributed by atoms with Gasteiger partial charge in [-0.05, 0) is 17.7 Å². The molecule has 1 rings (SSSR count). The van der Waals surface area contributed by atoms with Gasteiger partial charge in [-0.2, -0.15) is 0 Å². The maximum Gasteiger partial charge on any atom is 0.325 e. The molecule has 88 valence electrons. The number of hydrogen-bond acceptors (Lipinski definition) is 3. The minimum atomic E-state index is -0.642. The fourth-order valence-corrected chi connectivity index (χ4v) is 1.85. The molecule has 0 aliphatic rings. The second-order valence-corrected chi connectivity index (χ2v) is 4.69. The van der Waals surface area contributed by atoms with Crippen LogP contribution in [0.5, 0.6) is 0 Å². The van der Waals surface area contributed by atoms with Crippen LogP contribution in [0, 0.1) is 0 Å². The molecule has 0 aromatic heterocycles. The van der Waals surface area contributed by atoms with Crippen molar-refractivity contribution in [2.45, 2.75) is 11.9 Å². The van der Waals surface area contributed by atoms with Crippen LogP contribution in [0.4, 0.5) is 0 Å². The van der Waals surface area contributed by atoms with Crippen molar-refractivity contribution < 1.29 is 9.53 Å². The number of halogens is 2. The molecular formula is C11H13BrClNO2. The van der Waals surface area contributed by atoms with E-state index in [0.717, 1.165) is 10.0 Å². The lowest BCUT2D eigenvalue weighted by molar-refractivity contribution is -0.140. The van der Waals surface area contributed by atoms with Gasteiger partial charge in [0.15, 0.2) is 0 Å².